The molecule has 1 saturated heterocycles. The fraction of sp³-hybridized carbons (Fsp3) is 0.444. The molecule has 2 aromatic rings. The van der Waals surface area contributed by atoms with Gasteiger partial charge in [-0.1, -0.05) is 12.1 Å². The predicted molar refractivity (Wildman–Crippen MR) is 138 cm³/mol. The van der Waals surface area contributed by atoms with Crippen LogP contribution >= 0.6 is 0 Å². The number of esters is 1. The number of ketones is 1. The molecule has 10 heteroatoms. The van der Waals surface area contributed by atoms with Crippen LogP contribution < -0.4 is 9.47 Å². The van der Waals surface area contributed by atoms with Crippen LogP contribution in [0.3, 0.4) is 0 Å². The first-order chi connectivity index (χ1) is 17.6. The molecule has 1 aliphatic rings. The summed E-state index contributed by atoms with van der Waals surface area (Å²) in [6.07, 6.45) is 0.609. The highest BCUT2D eigenvalue weighted by atomic mass is 16.5. The third-order valence-electron chi connectivity index (χ3n) is 6.43. The number of H-pyrrole nitrogens is 1. The van der Waals surface area contributed by atoms with E-state index in [0.29, 0.717) is 41.3 Å². The molecule has 0 saturated carbocycles. The number of methoxy groups -OCH3 is 2. The molecule has 1 aromatic carbocycles. The summed E-state index contributed by atoms with van der Waals surface area (Å²) < 4.78 is 16.2. The average molecular weight is 514 g/mol. The number of likely N-dealkylation sites (tertiary alicyclic amines) is 1. The topological polar surface area (TPSA) is 121 Å². The second kappa shape index (κ2) is 11.5. The van der Waals surface area contributed by atoms with E-state index in [2.05, 4.69) is 4.98 Å². The summed E-state index contributed by atoms with van der Waals surface area (Å²) in [5, 5.41) is 11.6. The molecule has 0 aliphatic carbocycles. The van der Waals surface area contributed by atoms with Crippen LogP contribution in [0.25, 0.3) is 5.76 Å². The van der Waals surface area contributed by atoms with E-state index in [9.17, 15) is 19.5 Å². The number of para-hydroxylation sites is 1. The molecule has 0 spiro atoms. The van der Waals surface area contributed by atoms with E-state index in [0.717, 1.165) is 0 Å². The lowest BCUT2D eigenvalue weighted by molar-refractivity contribution is -0.140. The number of aliphatic hydroxyl groups excluding tert-OH is 1. The van der Waals surface area contributed by atoms with Gasteiger partial charge in [-0.2, -0.15) is 0 Å². The van der Waals surface area contributed by atoms with Gasteiger partial charge in [0.1, 0.15) is 11.5 Å². The van der Waals surface area contributed by atoms with Crippen molar-refractivity contribution in [2.24, 2.45) is 0 Å². The summed E-state index contributed by atoms with van der Waals surface area (Å²) in [7, 11) is 6.83. The standard InChI is InChI=1S/C27H35N3O7/c1-8-37-27(34)21-15(2)19(16(3)28-21)23(31)20-22(17-11-9-12-18(35-6)25(17)36-7)30(26(33)24(20)32)14-10-13-29(4)5/h9,11-12,22,28,31H,8,10,13-14H2,1-7H3/b23-20+/t22-/m0/s1. The number of ether oxygens (including phenoxy) is 3. The minimum Gasteiger partial charge on any atom is -0.507 e. The Kier molecular flexibility index (Phi) is 8.65. The smallest absolute Gasteiger partial charge is 0.355 e. The quantitative estimate of drug-likeness (QED) is 0.215. The number of nitrogens with zero attached hydrogens (tertiary/aromatic N) is 2. The van der Waals surface area contributed by atoms with Crippen LogP contribution in [0.5, 0.6) is 11.5 Å². The zero-order chi connectivity index (χ0) is 27.4. The maximum Gasteiger partial charge on any atom is 0.355 e. The number of amides is 1. The maximum absolute atomic E-state index is 13.4. The Morgan fingerprint density at radius 1 is 1.16 bits per heavy atom. The van der Waals surface area contributed by atoms with E-state index in [4.69, 9.17) is 14.2 Å². The largest absolute Gasteiger partial charge is 0.507 e. The molecule has 2 heterocycles. The van der Waals surface area contributed by atoms with Gasteiger partial charge in [0.15, 0.2) is 11.5 Å². The van der Waals surface area contributed by atoms with Crippen LogP contribution in [-0.2, 0) is 14.3 Å². The first-order valence-corrected chi connectivity index (χ1v) is 12.1. The fourth-order valence-corrected chi connectivity index (χ4v) is 4.77. The summed E-state index contributed by atoms with van der Waals surface area (Å²) >= 11 is 0. The van der Waals surface area contributed by atoms with Crippen LogP contribution in [0.15, 0.2) is 23.8 Å². The SMILES string of the molecule is CCOC(=O)c1[nH]c(C)c(/C(O)=C2\C(=O)C(=O)N(CCCN(C)C)[C@H]2c2cccc(OC)c2OC)c1C. The third kappa shape index (κ3) is 5.20. The van der Waals surface area contributed by atoms with Gasteiger partial charge in [0.25, 0.3) is 11.7 Å². The van der Waals surface area contributed by atoms with Gasteiger partial charge in [0, 0.05) is 23.4 Å². The van der Waals surface area contributed by atoms with Crippen LogP contribution in [0, 0.1) is 13.8 Å². The van der Waals surface area contributed by atoms with Crippen molar-refractivity contribution in [3.05, 3.63) is 51.9 Å². The summed E-state index contributed by atoms with van der Waals surface area (Å²) in [5.41, 5.74) is 1.76. The van der Waals surface area contributed by atoms with Gasteiger partial charge in [-0.3, -0.25) is 9.59 Å². The van der Waals surface area contributed by atoms with Gasteiger partial charge in [-0.05, 0) is 59.5 Å². The highest BCUT2D eigenvalue weighted by molar-refractivity contribution is 6.46. The number of carbonyl (C=O) groups is 3. The van der Waals surface area contributed by atoms with Crippen molar-refractivity contribution in [3.63, 3.8) is 0 Å². The van der Waals surface area contributed by atoms with E-state index in [1.807, 2.05) is 19.0 Å². The molecule has 1 aliphatic heterocycles. The van der Waals surface area contributed by atoms with E-state index >= 15 is 0 Å². The minimum absolute atomic E-state index is 0.0815. The normalized spacial score (nSPS) is 17.0. The Balaban J connectivity index is 2.26. The summed E-state index contributed by atoms with van der Waals surface area (Å²) in [5.74, 6) is -1.68. The average Bonchev–Trinajstić information content (AvgIpc) is 3.30. The van der Waals surface area contributed by atoms with Crippen molar-refractivity contribution in [1.29, 1.82) is 0 Å². The number of Topliss-reactive ketones (excluding diaryl/α,β-unsaturated/α-hetero) is 1. The summed E-state index contributed by atoms with van der Waals surface area (Å²) in [6, 6.07) is 4.27. The van der Waals surface area contributed by atoms with Crippen molar-refractivity contribution in [2.75, 3.05) is 48.0 Å². The number of aromatic nitrogens is 1. The number of rotatable bonds is 10. The van der Waals surface area contributed by atoms with Gasteiger partial charge in [-0.25, -0.2) is 4.79 Å². The first-order valence-electron chi connectivity index (χ1n) is 12.1. The molecule has 37 heavy (non-hydrogen) atoms. The van der Waals surface area contributed by atoms with Crippen molar-refractivity contribution in [1.82, 2.24) is 14.8 Å². The number of aromatic amines is 1. The zero-order valence-corrected chi connectivity index (χ0v) is 22.4. The Morgan fingerprint density at radius 2 is 1.86 bits per heavy atom. The summed E-state index contributed by atoms with van der Waals surface area (Å²) in [6.45, 7) is 6.19. The molecular weight excluding hydrogens is 478 g/mol. The molecule has 1 fully saturated rings. The number of hydrogen-bond donors (Lipinski definition) is 2. The summed E-state index contributed by atoms with van der Waals surface area (Å²) in [4.78, 5) is 45.6. The maximum atomic E-state index is 13.4. The monoisotopic (exact) mass is 513 g/mol. The van der Waals surface area contributed by atoms with Gasteiger partial charge < -0.3 is 34.1 Å². The predicted octanol–water partition coefficient (Wildman–Crippen LogP) is 3.20. The van der Waals surface area contributed by atoms with Crippen LogP contribution in [-0.4, -0.2) is 85.6 Å². The minimum atomic E-state index is -0.924. The number of nitrogens with one attached hydrogen (secondary N) is 1. The Bertz CT molecular complexity index is 1230. The Labute approximate surface area is 216 Å². The molecule has 200 valence electrons. The lowest BCUT2D eigenvalue weighted by Crippen LogP contribution is -2.32. The third-order valence-corrected chi connectivity index (χ3v) is 6.43. The molecule has 1 aromatic heterocycles. The second-order valence-electron chi connectivity index (χ2n) is 9.08. The first kappa shape index (κ1) is 27.8. The van der Waals surface area contributed by atoms with Gasteiger partial charge >= 0.3 is 5.97 Å². The van der Waals surface area contributed by atoms with Crippen LogP contribution in [0.1, 0.15) is 52.3 Å². The molecule has 1 amide bonds. The number of benzene rings is 1. The van der Waals surface area contributed by atoms with Crippen molar-refractivity contribution in [3.8, 4) is 11.5 Å². The highest BCUT2D eigenvalue weighted by Gasteiger charge is 2.47. The number of hydrogen-bond acceptors (Lipinski definition) is 8. The van der Waals surface area contributed by atoms with Crippen molar-refractivity contribution in [2.45, 2.75) is 33.2 Å². The van der Waals surface area contributed by atoms with Gasteiger partial charge in [0.05, 0.1) is 32.4 Å². The molecule has 0 unspecified atom stereocenters. The van der Waals surface area contributed by atoms with E-state index < -0.39 is 23.7 Å². The number of aliphatic hydroxyl groups is 1. The van der Waals surface area contributed by atoms with Crippen molar-refractivity contribution < 1.29 is 33.7 Å². The lowest BCUT2D eigenvalue weighted by atomic mass is 9.93. The molecule has 0 radical (unpaired) electrons. The zero-order valence-electron chi connectivity index (χ0n) is 22.4. The molecular formula is C27H35N3O7. The Hall–Kier alpha value is -3.79. The molecule has 0 bridgehead atoms. The molecule has 10 nitrogen and oxygen atoms in total. The fourth-order valence-electron chi connectivity index (χ4n) is 4.77. The van der Waals surface area contributed by atoms with Gasteiger partial charge in [0.2, 0.25) is 0 Å². The van der Waals surface area contributed by atoms with E-state index in [-0.39, 0.29) is 35.7 Å². The number of aryl methyl sites for hydroxylation is 1. The number of carbonyl (C=O) groups excluding carboxylic acids is 3. The van der Waals surface area contributed by atoms with E-state index in [1.165, 1.54) is 19.1 Å². The van der Waals surface area contributed by atoms with Crippen LogP contribution in [0.4, 0.5) is 0 Å². The molecule has 3 rings (SSSR count). The van der Waals surface area contributed by atoms with Crippen LogP contribution in [0.2, 0.25) is 0 Å². The Morgan fingerprint density at radius 3 is 2.46 bits per heavy atom. The lowest BCUT2D eigenvalue weighted by Gasteiger charge is -2.27. The van der Waals surface area contributed by atoms with Crippen molar-refractivity contribution >= 4 is 23.4 Å². The second-order valence-corrected chi connectivity index (χ2v) is 9.08. The molecule has 2 N–H and O–H groups in total. The molecule has 1 atom stereocenters. The van der Waals surface area contributed by atoms with Gasteiger partial charge in [-0.15, -0.1) is 0 Å². The van der Waals surface area contributed by atoms with E-state index in [1.54, 1.807) is 39.0 Å². The highest BCUT2D eigenvalue weighted by Crippen LogP contribution is 2.46.